The molecule has 8 nitrogen and oxygen atoms in total. The molecule has 1 atom stereocenters. The molecule has 160 valence electrons. The zero-order valence-electron chi connectivity index (χ0n) is 17.4. The number of hydrogen-bond acceptors (Lipinski definition) is 8. The van der Waals surface area contributed by atoms with Gasteiger partial charge in [-0.25, -0.2) is 0 Å². The van der Waals surface area contributed by atoms with E-state index in [1.54, 1.807) is 21.3 Å². The van der Waals surface area contributed by atoms with Gasteiger partial charge in [-0.1, -0.05) is 17.3 Å². The summed E-state index contributed by atoms with van der Waals surface area (Å²) in [5.74, 6) is 3.28. The lowest BCUT2D eigenvalue weighted by molar-refractivity contribution is 0.0853. The van der Waals surface area contributed by atoms with Crippen LogP contribution >= 0.6 is 0 Å². The van der Waals surface area contributed by atoms with Gasteiger partial charge in [0.05, 0.1) is 27.0 Å². The van der Waals surface area contributed by atoms with Crippen LogP contribution in [0.4, 0.5) is 0 Å². The van der Waals surface area contributed by atoms with E-state index < -0.39 is 0 Å². The van der Waals surface area contributed by atoms with Gasteiger partial charge in [-0.15, -0.1) is 0 Å². The van der Waals surface area contributed by atoms with Gasteiger partial charge < -0.3 is 33.8 Å². The molecule has 2 aromatic rings. The van der Waals surface area contributed by atoms with Gasteiger partial charge in [-0.05, 0) is 23.8 Å². The fraction of sp³-hybridized carbons (Fsp3) is 0.409. The van der Waals surface area contributed by atoms with Crippen molar-refractivity contribution in [3.05, 3.63) is 41.5 Å². The molecule has 4 rings (SSSR count). The number of nitrogens with one attached hydrogen (secondary N) is 1. The lowest BCUT2D eigenvalue weighted by atomic mass is 10.0. The molecule has 0 bridgehead atoms. The minimum atomic E-state index is -0.0678. The van der Waals surface area contributed by atoms with E-state index in [0.717, 1.165) is 30.0 Å². The Bertz CT molecular complexity index is 913. The summed E-state index contributed by atoms with van der Waals surface area (Å²) in [7, 11) is 4.89. The third kappa shape index (κ3) is 4.23. The van der Waals surface area contributed by atoms with Gasteiger partial charge in [0.15, 0.2) is 11.5 Å². The molecule has 0 aromatic heterocycles. The Balaban J connectivity index is 1.32. The van der Waals surface area contributed by atoms with Crippen LogP contribution in [0.25, 0.3) is 0 Å². The molecule has 1 N–H and O–H groups in total. The highest BCUT2D eigenvalue weighted by molar-refractivity contribution is 5.87. The van der Waals surface area contributed by atoms with Gasteiger partial charge >= 0.3 is 0 Å². The summed E-state index contributed by atoms with van der Waals surface area (Å²) in [5.41, 5.74) is 3.11. The van der Waals surface area contributed by atoms with Gasteiger partial charge in [-0.2, -0.15) is 0 Å². The van der Waals surface area contributed by atoms with Gasteiger partial charge in [0, 0.05) is 31.5 Å². The van der Waals surface area contributed by atoms with E-state index >= 15 is 0 Å². The molecule has 0 spiro atoms. The molecule has 0 amide bonds. The normalized spacial score (nSPS) is 16.8. The van der Waals surface area contributed by atoms with Gasteiger partial charge in [0.1, 0.15) is 11.9 Å². The molecule has 0 saturated carbocycles. The summed E-state index contributed by atoms with van der Waals surface area (Å²) in [5, 5.41) is 7.66. The Kier molecular flexibility index (Phi) is 6.13. The second kappa shape index (κ2) is 9.13. The Morgan fingerprint density at radius 1 is 1.00 bits per heavy atom. The third-order valence-corrected chi connectivity index (χ3v) is 5.12. The SMILES string of the molecule is COc1ccc(CNCC2=NOC(Cc3cc(OC)c4c(c3OC)OCO4)C2)cc1. The van der Waals surface area contributed by atoms with Crippen LogP contribution in [0, 0.1) is 0 Å². The fourth-order valence-corrected chi connectivity index (χ4v) is 3.63. The minimum Gasteiger partial charge on any atom is -0.497 e. The lowest BCUT2D eigenvalue weighted by Gasteiger charge is -2.15. The van der Waals surface area contributed by atoms with E-state index in [2.05, 4.69) is 10.5 Å². The van der Waals surface area contributed by atoms with E-state index in [1.165, 1.54) is 5.56 Å². The molecule has 2 heterocycles. The van der Waals surface area contributed by atoms with E-state index in [9.17, 15) is 0 Å². The molecule has 0 saturated heterocycles. The summed E-state index contributed by atoms with van der Waals surface area (Å²) < 4.78 is 27.3. The quantitative estimate of drug-likeness (QED) is 0.676. The summed E-state index contributed by atoms with van der Waals surface area (Å²) in [6.45, 7) is 1.57. The largest absolute Gasteiger partial charge is 0.497 e. The first-order valence-corrected chi connectivity index (χ1v) is 9.80. The van der Waals surface area contributed by atoms with Crippen molar-refractivity contribution in [1.29, 1.82) is 0 Å². The first-order valence-electron chi connectivity index (χ1n) is 9.80. The zero-order chi connectivity index (χ0) is 20.9. The Hall–Kier alpha value is -3.13. The summed E-state index contributed by atoms with van der Waals surface area (Å²) in [6, 6.07) is 9.91. The lowest BCUT2D eigenvalue weighted by Crippen LogP contribution is -2.23. The molecule has 1 unspecified atom stereocenters. The maximum absolute atomic E-state index is 5.66. The minimum absolute atomic E-state index is 0.0678. The molecule has 0 aliphatic carbocycles. The van der Waals surface area contributed by atoms with Gasteiger partial charge in [-0.3, -0.25) is 0 Å². The smallest absolute Gasteiger partial charge is 0.231 e. The molecule has 2 aliphatic rings. The number of methoxy groups -OCH3 is 3. The van der Waals surface area contributed by atoms with Crippen LogP contribution in [0.1, 0.15) is 17.5 Å². The van der Waals surface area contributed by atoms with Crippen molar-refractivity contribution in [2.45, 2.75) is 25.5 Å². The van der Waals surface area contributed by atoms with Crippen molar-refractivity contribution in [3.63, 3.8) is 0 Å². The maximum Gasteiger partial charge on any atom is 0.231 e. The van der Waals surface area contributed by atoms with Crippen molar-refractivity contribution in [3.8, 4) is 28.7 Å². The molecular formula is C22H26N2O6. The molecule has 0 radical (unpaired) electrons. The molecule has 30 heavy (non-hydrogen) atoms. The Morgan fingerprint density at radius 3 is 2.53 bits per heavy atom. The first kappa shape index (κ1) is 20.2. The van der Waals surface area contributed by atoms with Crippen molar-refractivity contribution in [2.75, 3.05) is 34.7 Å². The van der Waals surface area contributed by atoms with Crippen molar-refractivity contribution < 1.29 is 28.5 Å². The summed E-state index contributed by atoms with van der Waals surface area (Å²) >= 11 is 0. The molecule has 8 heteroatoms. The topological polar surface area (TPSA) is 79.8 Å². The Labute approximate surface area is 175 Å². The number of hydrogen-bond donors (Lipinski definition) is 1. The summed E-state index contributed by atoms with van der Waals surface area (Å²) in [4.78, 5) is 5.66. The van der Waals surface area contributed by atoms with Crippen molar-refractivity contribution >= 4 is 5.71 Å². The van der Waals surface area contributed by atoms with Crippen molar-refractivity contribution in [1.82, 2.24) is 5.32 Å². The maximum atomic E-state index is 5.66. The molecule has 2 aromatic carbocycles. The van der Waals surface area contributed by atoms with Crippen molar-refractivity contribution in [2.24, 2.45) is 5.16 Å². The van der Waals surface area contributed by atoms with E-state index in [4.69, 9.17) is 28.5 Å². The third-order valence-electron chi connectivity index (χ3n) is 5.12. The average molecular weight is 414 g/mol. The second-order valence-corrected chi connectivity index (χ2v) is 7.08. The highest BCUT2D eigenvalue weighted by atomic mass is 16.7. The van der Waals surface area contributed by atoms with Crippen LogP contribution in [0.3, 0.4) is 0 Å². The fourth-order valence-electron chi connectivity index (χ4n) is 3.63. The number of rotatable bonds is 9. The van der Waals surface area contributed by atoms with Gasteiger partial charge in [0.25, 0.3) is 0 Å². The number of ether oxygens (including phenoxy) is 5. The van der Waals surface area contributed by atoms with Crippen LogP contribution in [-0.4, -0.2) is 46.5 Å². The number of nitrogens with zero attached hydrogens (tertiary/aromatic N) is 1. The number of fused-ring (bicyclic) bond motifs is 1. The molecular weight excluding hydrogens is 388 g/mol. The zero-order valence-corrected chi connectivity index (χ0v) is 17.4. The van der Waals surface area contributed by atoms with Crippen LogP contribution in [0.2, 0.25) is 0 Å². The highest BCUT2D eigenvalue weighted by Gasteiger charge is 2.30. The Morgan fingerprint density at radius 2 is 1.80 bits per heavy atom. The molecule has 2 aliphatic heterocycles. The number of oxime groups is 1. The van der Waals surface area contributed by atoms with Gasteiger partial charge in [0.2, 0.25) is 18.3 Å². The van der Waals surface area contributed by atoms with Crippen LogP contribution in [0.15, 0.2) is 35.5 Å². The monoisotopic (exact) mass is 414 g/mol. The predicted octanol–water partition coefficient (Wildman–Crippen LogP) is 2.92. The first-order chi connectivity index (χ1) is 14.7. The molecule has 0 fully saturated rings. The highest BCUT2D eigenvalue weighted by Crippen LogP contribution is 2.49. The second-order valence-electron chi connectivity index (χ2n) is 7.08. The number of benzene rings is 2. The van der Waals surface area contributed by atoms with Crippen LogP contribution < -0.4 is 29.0 Å². The average Bonchev–Trinajstić information content (AvgIpc) is 3.43. The van der Waals surface area contributed by atoms with Crippen LogP contribution in [0.5, 0.6) is 28.7 Å². The summed E-state index contributed by atoms with van der Waals surface area (Å²) in [6.07, 6.45) is 1.30. The van der Waals surface area contributed by atoms with Crippen LogP contribution in [-0.2, 0) is 17.8 Å². The standard InChI is InChI=1S/C22H26N2O6/c1-25-17-6-4-14(5-7-17)11-23-12-16-10-18(30-24-16)8-15-9-19(26-2)21-22(20(15)27-3)29-13-28-21/h4-7,9,18,23H,8,10-13H2,1-3H3. The predicted molar refractivity (Wildman–Crippen MR) is 111 cm³/mol. The van der Waals surface area contributed by atoms with E-state index in [0.29, 0.717) is 36.0 Å². The van der Waals surface area contributed by atoms with E-state index in [1.807, 2.05) is 30.3 Å². The van der Waals surface area contributed by atoms with E-state index in [-0.39, 0.29) is 12.9 Å².